The van der Waals surface area contributed by atoms with Gasteiger partial charge in [0, 0.05) is 41.8 Å². The summed E-state index contributed by atoms with van der Waals surface area (Å²) in [6.45, 7) is 1.41. The van der Waals surface area contributed by atoms with Gasteiger partial charge in [0.05, 0.1) is 0 Å². The molecule has 6 nitrogen and oxygen atoms in total. The minimum Gasteiger partial charge on any atom is -0.489 e. The molecule has 2 aromatic carbocycles. The third-order valence-corrected chi connectivity index (χ3v) is 7.48. The van der Waals surface area contributed by atoms with Crippen molar-refractivity contribution >= 4 is 23.3 Å². The highest BCUT2D eigenvalue weighted by atomic mass is 35.5. The number of nitrogens with one attached hydrogen (secondary N) is 2. The normalized spacial score (nSPS) is 27.5. The number of carbonyl (C=O) groups is 1. The van der Waals surface area contributed by atoms with Gasteiger partial charge in [-0.2, -0.15) is 0 Å². The Labute approximate surface area is 201 Å². The zero-order valence-electron chi connectivity index (χ0n) is 19.4. The van der Waals surface area contributed by atoms with Crippen LogP contribution < -0.4 is 15.4 Å². The zero-order chi connectivity index (χ0) is 23.4. The average molecular weight is 472 g/mol. The lowest BCUT2D eigenvalue weighted by Crippen LogP contribution is -2.45. The summed E-state index contributed by atoms with van der Waals surface area (Å²) in [5.41, 5.74) is 2.45. The topological polar surface area (TPSA) is 73.8 Å². The molecule has 1 aliphatic carbocycles. The highest BCUT2D eigenvalue weighted by Crippen LogP contribution is 2.43. The third-order valence-electron chi connectivity index (χ3n) is 7.26. The van der Waals surface area contributed by atoms with Crippen LogP contribution in [-0.2, 0) is 10.3 Å². The van der Waals surface area contributed by atoms with Crippen LogP contribution in [0.3, 0.4) is 0 Å². The van der Waals surface area contributed by atoms with Gasteiger partial charge in [-0.1, -0.05) is 41.9 Å². The Hall–Kier alpha value is -2.28. The Morgan fingerprint density at radius 3 is 2.58 bits per heavy atom. The van der Waals surface area contributed by atoms with Gasteiger partial charge in [0.2, 0.25) is 0 Å². The molecule has 2 atom stereocenters. The molecule has 3 N–H and O–H groups in total. The lowest BCUT2D eigenvalue weighted by Gasteiger charge is -2.45. The molecule has 0 spiro atoms. The number of carboxylic acids is 1. The van der Waals surface area contributed by atoms with Crippen molar-refractivity contribution < 1.29 is 14.6 Å². The summed E-state index contributed by atoms with van der Waals surface area (Å²) >= 11 is 6.34. The second-order valence-corrected chi connectivity index (χ2v) is 10.0. The number of nitrogens with zero attached hydrogens (tertiary/aromatic N) is 1. The van der Waals surface area contributed by atoms with E-state index in [0.29, 0.717) is 29.7 Å². The van der Waals surface area contributed by atoms with Crippen molar-refractivity contribution in [2.24, 2.45) is 5.92 Å². The standard InChI is InChI=1S/C26H34ClN3O3/c1-30(2)26(19-6-4-3-5-7-19)10-8-18(9-11-26)16-28-21-12-20(27)13-22(14-21)33-23-15-24(25(31)32)29-17-23/h3-7,12-14,18,23-24,28-29H,8-11,15-17H2,1-2H3,(H,31,32)/t18?,23-,24-,26?/m0/s1. The summed E-state index contributed by atoms with van der Waals surface area (Å²) in [6, 6.07) is 16.0. The highest BCUT2D eigenvalue weighted by molar-refractivity contribution is 6.31. The van der Waals surface area contributed by atoms with E-state index in [2.05, 4.69) is 60.0 Å². The number of ether oxygens (including phenoxy) is 1. The fraction of sp³-hybridized carbons (Fsp3) is 0.500. The molecule has 178 valence electrons. The van der Waals surface area contributed by atoms with Gasteiger partial charge >= 0.3 is 5.97 Å². The SMILES string of the molecule is CN(C)C1(c2ccccc2)CCC(CNc2cc(Cl)cc(O[C@@H]3CN[C@H](C(=O)O)C3)c2)CC1. The number of rotatable bonds is 8. The first-order valence-electron chi connectivity index (χ1n) is 11.8. The first kappa shape index (κ1) is 23.9. The third kappa shape index (κ3) is 5.62. The summed E-state index contributed by atoms with van der Waals surface area (Å²) in [4.78, 5) is 13.5. The summed E-state index contributed by atoms with van der Waals surface area (Å²) in [6.07, 6.45) is 4.87. The monoisotopic (exact) mass is 471 g/mol. The quantitative estimate of drug-likeness (QED) is 0.522. The maximum Gasteiger partial charge on any atom is 0.320 e. The van der Waals surface area contributed by atoms with Gasteiger partial charge in [-0.05, 0) is 63.4 Å². The van der Waals surface area contributed by atoms with Crippen LogP contribution >= 0.6 is 11.6 Å². The molecule has 2 aliphatic rings. The Morgan fingerprint density at radius 1 is 1.21 bits per heavy atom. The maximum absolute atomic E-state index is 11.1. The molecule has 0 radical (unpaired) electrons. The maximum atomic E-state index is 11.1. The summed E-state index contributed by atoms with van der Waals surface area (Å²) in [7, 11) is 4.38. The molecule has 33 heavy (non-hydrogen) atoms. The molecule has 1 heterocycles. The van der Waals surface area contributed by atoms with Crippen LogP contribution in [0.15, 0.2) is 48.5 Å². The van der Waals surface area contributed by atoms with Crippen LogP contribution in [0.25, 0.3) is 0 Å². The van der Waals surface area contributed by atoms with Gasteiger partial charge in [-0.15, -0.1) is 0 Å². The first-order chi connectivity index (χ1) is 15.9. The number of benzene rings is 2. The van der Waals surface area contributed by atoms with E-state index in [1.807, 2.05) is 12.1 Å². The van der Waals surface area contributed by atoms with Gasteiger partial charge < -0.3 is 20.5 Å². The van der Waals surface area contributed by atoms with Gasteiger partial charge in [0.1, 0.15) is 17.9 Å². The summed E-state index contributed by atoms with van der Waals surface area (Å²) < 4.78 is 6.02. The number of hydrogen-bond acceptors (Lipinski definition) is 5. The summed E-state index contributed by atoms with van der Waals surface area (Å²) in [5.74, 6) is 0.426. The largest absolute Gasteiger partial charge is 0.489 e. The van der Waals surface area contributed by atoms with Crippen molar-refractivity contribution in [1.29, 1.82) is 0 Å². The minimum absolute atomic E-state index is 0.109. The van der Waals surface area contributed by atoms with Crippen molar-refractivity contribution in [2.45, 2.75) is 49.8 Å². The number of anilines is 1. The van der Waals surface area contributed by atoms with Gasteiger partial charge in [-0.25, -0.2) is 0 Å². The van der Waals surface area contributed by atoms with E-state index in [0.717, 1.165) is 37.9 Å². The van der Waals surface area contributed by atoms with Crippen molar-refractivity contribution in [1.82, 2.24) is 10.2 Å². The molecule has 2 aromatic rings. The van der Waals surface area contributed by atoms with Crippen molar-refractivity contribution in [3.63, 3.8) is 0 Å². The van der Waals surface area contributed by atoms with E-state index in [9.17, 15) is 4.79 Å². The van der Waals surface area contributed by atoms with E-state index in [4.69, 9.17) is 21.4 Å². The zero-order valence-corrected chi connectivity index (χ0v) is 20.1. The molecule has 0 amide bonds. The number of carboxylic acid groups (broad SMARTS) is 1. The summed E-state index contributed by atoms with van der Waals surface area (Å²) in [5, 5.41) is 16.3. The molecule has 4 rings (SSSR count). The number of aliphatic carboxylic acids is 1. The average Bonchev–Trinajstić information content (AvgIpc) is 3.27. The van der Waals surface area contributed by atoms with Crippen LogP contribution in [0.1, 0.15) is 37.7 Å². The van der Waals surface area contributed by atoms with Crippen LogP contribution in [-0.4, -0.2) is 55.3 Å². The Kier molecular flexibility index (Phi) is 7.47. The van der Waals surface area contributed by atoms with Gasteiger partial charge in [-0.3, -0.25) is 9.69 Å². The molecule has 7 heteroatoms. The molecule has 2 fully saturated rings. The molecular formula is C26H34ClN3O3. The van der Waals surface area contributed by atoms with E-state index in [-0.39, 0.29) is 11.6 Å². The van der Waals surface area contributed by atoms with Crippen LogP contribution in [0.4, 0.5) is 5.69 Å². The van der Waals surface area contributed by atoms with Crippen molar-refractivity contribution in [3.8, 4) is 5.75 Å². The van der Waals surface area contributed by atoms with E-state index in [1.54, 1.807) is 6.07 Å². The van der Waals surface area contributed by atoms with Crippen molar-refractivity contribution in [3.05, 3.63) is 59.1 Å². The van der Waals surface area contributed by atoms with Crippen LogP contribution in [0.2, 0.25) is 5.02 Å². The fourth-order valence-corrected chi connectivity index (χ4v) is 5.50. The van der Waals surface area contributed by atoms with Crippen molar-refractivity contribution in [2.75, 3.05) is 32.5 Å². The molecule has 0 bridgehead atoms. The smallest absolute Gasteiger partial charge is 0.320 e. The van der Waals surface area contributed by atoms with Gasteiger partial charge in [0.15, 0.2) is 0 Å². The van der Waals surface area contributed by atoms with Crippen LogP contribution in [0, 0.1) is 5.92 Å². The Balaban J connectivity index is 1.33. The second kappa shape index (κ2) is 10.3. The molecule has 0 aromatic heterocycles. The number of hydrogen-bond donors (Lipinski definition) is 3. The second-order valence-electron chi connectivity index (χ2n) is 9.57. The molecule has 1 aliphatic heterocycles. The number of halogens is 1. The minimum atomic E-state index is -0.840. The Bertz CT molecular complexity index is 945. The van der Waals surface area contributed by atoms with E-state index >= 15 is 0 Å². The molecule has 1 saturated carbocycles. The predicted molar refractivity (Wildman–Crippen MR) is 132 cm³/mol. The lowest BCUT2D eigenvalue weighted by atomic mass is 9.72. The Morgan fingerprint density at radius 2 is 1.94 bits per heavy atom. The van der Waals surface area contributed by atoms with E-state index < -0.39 is 12.0 Å². The van der Waals surface area contributed by atoms with Gasteiger partial charge in [0.25, 0.3) is 0 Å². The molecule has 0 unspecified atom stereocenters. The van der Waals surface area contributed by atoms with Crippen LogP contribution in [0.5, 0.6) is 5.75 Å². The molecular weight excluding hydrogens is 438 g/mol. The lowest BCUT2D eigenvalue weighted by molar-refractivity contribution is -0.139. The predicted octanol–water partition coefficient (Wildman–Crippen LogP) is 4.59. The molecule has 1 saturated heterocycles. The fourth-order valence-electron chi connectivity index (χ4n) is 5.27. The first-order valence-corrected chi connectivity index (χ1v) is 12.1. The highest BCUT2D eigenvalue weighted by Gasteiger charge is 2.38. The van der Waals surface area contributed by atoms with E-state index in [1.165, 1.54) is 5.56 Å².